The topological polar surface area (TPSA) is 95.0 Å². The fourth-order valence-electron chi connectivity index (χ4n) is 4.04. The predicted molar refractivity (Wildman–Crippen MR) is 133 cm³/mol. The van der Waals surface area contributed by atoms with Gasteiger partial charge in [-0.2, -0.15) is 4.79 Å². The Morgan fingerprint density at radius 2 is 1.41 bits per heavy atom. The van der Waals surface area contributed by atoms with Gasteiger partial charge in [-0.25, -0.2) is 9.80 Å². The van der Waals surface area contributed by atoms with E-state index in [2.05, 4.69) is 10.2 Å². The average Bonchev–Trinajstić information content (AvgIpc) is 2.80. The Morgan fingerprint density at radius 3 is 1.88 bits per heavy atom. The molecule has 1 amide bonds. The first-order valence-electron chi connectivity index (χ1n) is 11.7. The molecule has 0 bridgehead atoms. The second-order valence-electron chi connectivity index (χ2n) is 9.45. The maximum absolute atomic E-state index is 13.2. The summed E-state index contributed by atoms with van der Waals surface area (Å²) in [7, 11) is 0. The summed E-state index contributed by atoms with van der Waals surface area (Å²) in [5.74, 6) is -1.01. The van der Waals surface area contributed by atoms with Crippen molar-refractivity contribution >= 4 is 17.6 Å². The molecule has 7 nitrogen and oxygen atoms in total. The van der Waals surface area contributed by atoms with Crippen LogP contribution < -0.4 is 5.43 Å². The molecule has 1 N–H and O–H groups in total. The van der Waals surface area contributed by atoms with E-state index in [0.29, 0.717) is 12.1 Å². The fourth-order valence-corrected chi connectivity index (χ4v) is 4.04. The van der Waals surface area contributed by atoms with Gasteiger partial charge in [0.15, 0.2) is 0 Å². The van der Waals surface area contributed by atoms with Crippen molar-refractivity contribution in [1.82, 2.24) is 10.4 Å². The number of hydrogen-bond donors (Lipinski definition) is 1. The lowest BCUT2D eigenvalue weighted by molar-refractivity contribution is -0.151. The molecule has 1 unspecified atom stereocenters. The van der Waals surface area contributed by atoms with Crippen LogP contribution in [0, 0.1) is 17.8 Å². The zero-order chi connectivity index (χ0) is 25.3. The van der Waals surface area contributed by atoms with Crippen LogP contribution in [0.5, 0.6) is 0 Å². The van der Waals surface area contributed by atoms with Crippen molar-refractivity contribution in [3.8, 4) is 0 Å². The van der Waals surface area contributed by atoms with Crippen LogP contribution >= 0.6 is 0 Å². The number of hydrazine groups is 1. The number of rotatable bonds is 11. The zero-order valence-electron chi connectivity index (χ0n) is 20.9. The van der Waals surface area contributed by atoms with E-state index in [4.69, 9.17) is 4.74 Å². The molecule has 0 spiro atoms. The summed E-state index contributed by atoms with van der Waals surface area (Å²) < 4.78 is 5.78. The monoisotopic (exact) mass is 464 g/mol. The van der Waals surface area contributed by atoms with Crippen molar-refractivity contribution in [2.24, 2.45) is 17.8 Å². The third-order valence-corrected chi connectivity index (χ3v) is 5.60. The Morgan fingerprint density at radius 1 is 0.882 bits per heavy atom. The average molecular weight is 465 g/mol. The van der Waals surface area contributed by atoms with Crippen molar-refractivity contribution in [2.45, 2.75) is 60.2 Å². The van der Waals surface area contributed by atoms with E-state index in [-0.39, 0.29) is 35.5 Å². The fraction of sp³-hybridized carbons (Fsp3) is 0.444. The third-order valence-electron chi connectivity index (χ3n) is 5.60. The van der Waals surface area contributed by atoms with Crippen LogP contribution in [0.4, 0.5) is 0 Å². The summed E-state index contributed by atoms with van der Waals surface area (Å²) in [6.07, 6.45) is -0.335. The second-order valence-corrected chi connectivity index (χ2v) is 9.45. The van der Waals surface area contributed by atoms with Gasteiger partial charge in [0.2, 0.25) is 0 Å². The normalized spacial score (nSPS) is 12.2. The standard InChI is InChI=1S/C27H36N4O3/c1-18(2)24(23(29-28)27(33)34-25(19(3)4)20(5)6)31(17-21-13-9-7-10-14-21)30-26(32)22-15-11-8-12-16-22/h7-16,18-20,24-25H,17H2,1-6H3,(H,30,32). The molecule has 0 aliphatic rings. The first-order chi connectivity index (χ1) is 16.1. The maximum atomic E-state index is 13.2. The molecular formula is C27H36N4O3. The minimum Gasteiger partial charge on any atom is -0.453 e. The second kappa shape index (κ2) is 12.8. The van der Waals surface area contributed by atoms with Gasteiger partial charge < -0.3 is 10.3 Å². The lowest BCUT2D eigenvalue weighted by Gasteiger charge is -2.32. The van der Waals surface area contributed by atoms with Crippen LogP contribution in [0.2, 0.25) is 0 Å². The van der Waals surface area contributed by atoms with Crippen molar-refractivity contribution in [3.05, 3.63) is 77.3 Å². The van der Waals surface area contributed by atoms with Gasteiger partial charge in [0, 0.05) is 12.1 Å². The number of hydrogen-bond acceptors (Lipinski definition) is 4. The van der Waals surface area contributed by atoms with Crippen LogP contribution in [-0.2, 0) is 16.1 Å². The number of ether oxygens (including phenoxy) is 1. The van der Waals surface area contributed by atoms with Gasteiger partial charge in [-0.15, -0.1) is 0 Å². The predicted octanol–water partition coefficient (Wildman–Crippen LogP) is 4.75. The first kappa shape index (κ1) is 27.0. The Labute approximate surface area is 202 Å². The van der Waals surface area contributed by atoms with Crippen LogP contribution in [0.1, 0.15) is 57.5 Å². The quantitative estimate of drug-likeness (QED) is 0.171. The third kappa shape index (κ3) is 7.37. The van der Waals surface area contributed by atoms with Gasteiger partial charge in [0.1, 0.15) is 12.1 Å². The number of benzene rings is 2. The maximum Gasteiger partial charge on any atom is 0.419 e. The summed E-state index contributed by atoms with van der Waals surface area (Å²) in [5.41, 5.74) is 14.1. The van der Waals surface area contributed by atoms with Gasteiger partial charge in [0.05, 0.1) is 0 Å². The van der Waals surface area contributed by atoms with Crippen LogP contribution in [0.3, 0.4) is 0 Å². The molecule has 0 aromatic heterocycles. The largest absolute Gasteiger partial charge is 0.453 e. The molecule has 2 rings (SSSR count). The Kier molecular flexibility index (Phi) is 10.2. The zero-order valence-corrected chi connectivity index (χ0v) is 20.9. The molecule has 0 aliphatic heterocycles. The molecular weight excluding hydrogens is 428 g/mol. The SMILES string of the molecule is CC(C)C(OC(=O)C(=[N+]=[N-])C(C(C)C)N(Cc1ccccc1)NC(=O)c1ccccc1)C(C)C. The van der Waals surface area contributed by atoms with Crippen molar-refractivity contribution in [1.29, 1.82) is 0 Å². The summed E-state index contributed by atoms with van der Waals surface area (Å²) in [5, 5.41) is 1.64. The minimum absolute atomic E-state index is 0.0969. The van der Waals surface area contributed by atoms with Gasteiger partial charge in [-0.3, -0.25) is 10.2 Å². The summed E-state index contributed by atoms with van der Waals surface area (Å²) in [6.45, 7) is 12.0. The van der Waals surface area contributed by atoms with E-state index < -0.39 is 12.0 Å². The molecule has 0 heterocycles. The van der Waals surface area contributed by atoms with E-state index in [9.17, 15) is 15.1 Å². The lowest BCUT2D eigenvalue weighted by atomic mass is 9.95. The summed E-state index contributed by atoms with van der Waals surface area (Å²) in [4.78, 5) is 29.6. The molecule has 2 aromatic rings. The van der Waals surface area contributed by atoms with Crippen LogP contribution in [-0.4, -0.2) is 39.5 Å². The highest BCUT2D eigenvalue weighted by Gasteiger charge is 2.42. The van der Waals surface area contributed by atoms with E-state index in [1.807, 2.05) is 77.9 Å². The van der Waals surface area contributed by atoms with Gasteiger partial charge in [-0.05, 0) is 35.4 Å². The molecule has 34 heavy (non-hydrogen) atoms. The number of esters is 1. The summed E-state index contributed by atoms with van der Waals surface area (Å²) >= 11 is 0. The highest BCUT2D eigenvalue weighted by atomic mass is 16.5. The smallest absolute Gasteiger partial charge is 0.419 e. The van der Waals surface area contributed by atoms with Crippen molar-refractivity contribution in [3.63, 3.8) is 0 Å². The number of amides is 1. The number of carbonyl (C=O) groups excluding carboxylic acids is 2. The molecule has 182 valence electrons. The molecule has 0 saturated heterocycles. The molecule has 0 radical (unpaired) electrons. The van der Waals surface area contributed by atoms with Gasteiger partial charge in [0.25, 0.3) is 5.91 Å². The van der Waals surface area contributed by atoms with E-state index in [1.165, 1.54) is 0 Å². The highest BCUT2D eigenvalue weighted by molar-refractivity contribution is 6.36. The molecule has 2 aromatic carbocycles. The Bertz CT molecular complexity index is 975. The molecule has 0 fully saturated rings. The number of carbonyl (C=O) groups is 2. The highest BCUT2D eigenvalue weighted by Crippen LogP contribution is 2.20. The van der Waals surface area contributed by atoms with Crippen LogP contribution in [0.15, 0.2) is 60.7 Å². The molecule has 1 atom stereocenters. The van der Waals surface area contributed by atoms with Gasteiger partial charge in [-0.1, -0.05) is 90.1 Å². The number of nitrogens with zero attached hydrogens (tertiary/aromatic N) is 3. The van der Waals surface area contributed by atoms with Gasteiger partial charge >= 0.3 is 11.7 Å². The Hall–Kier alpha value is -3.28. The van der Waals surface area contributed by atoms with Crippen molar-refractivity contribution < 1.29 is 19.1 Å². The molecule has 0 saturated carbocycles. The van der Waals surface area contributed by atoms with E-state index in [1.54, 1.807) is 29.3 Å². The van der Waals surface area contributed by atoms with E-state index in [0.717, 1.165) is 5.56 Å². The first-order valence-corrected chi connectivity index (χ1v) is 11.7. The molecule has 0 aliphatic carbocycles. The van der Waals surface area contributed by atoms with Crippen molar-refractivity contribution in [2.75, 3.05) is 0 Å². The summed E-state index contributed by atoms with van der Waals surface area (Å²) in [6, 6.07) is 17.7. The number of nitrogens with one attached hydrogen (secondary N) is 1. The van der Waals surface area contributed by atoms with E-state index >= 15 is 0 Å². The Balaban J connectivity index is 2.42. The van der Waals surface area contributed by atoms with Crippen LogP contribution in [0.25, 0.3) is 5.53 Å². The molecule has 7 heteroatoms. The minimum atomic E-state index is -0.731. The lowest BCUT2D eigenvalue weighted by Crippen LogP contribution is -2.56.